The van der Waals surface area contributed by atoms with Crippen LogP contribution in [0.1, 0.15) is 16.1 Å². The van der Waals surface area contributed by atoms with Gasteiger partial charge in [0.25, 0.3) is 0 Å². The first-order chi connectivity index (χ1) is 5.25. The molecule has 0 heterocycles. The average Bonchev–Trinajstić information content (AvgIpc) is 2.04. The first-order valence-electron chi connectivity index (χ1n) is 3.22. The molecule has 3 heteroatoms. The van der Waals surface area contributed by atoms with E-state index in [1.54, 1.807) is 0 Å². The molecule has 0 aliphatic carbocycles. The number of rotatable bonds is 2. The van der Waals surface area contributed by atoms with Gasteiger partial charge in [-0.25, -0.2) is 0 Å². The van der Waals surface area contributed by atoms with Crippen molar-refractivity contribution in [2.24, 2.45) is 0 Å². The Kier molecular flexibility index (Phi) is 3.55. The fourth-order valence-corrected chi connectivity index (χ4v) is 1.60. The van der Waals surface area contributed by atoms with Crippen molar-refractivity contribution in [2.45, 2.75) is 11.9 Å². The minimum atomic E-state index is -0.0660. The van der Waals surface area contributed by atoms with E-state index in [4.69, 9.17) is 3.83 Å². The maximum Gasteiger partial charge on any atom is 0.152 e. The molecule has 0 fully saturated rings. The van der Waals surface area contributed by atoms with Gasteiger partial charge in [-0.1, -0.05) is 40.2 Å². The maximum absolute atomic E-state index is 4.95. The molecule has 0 unspecified atom stereocenters. The lowest BCUT2D eigenvalue weighted by atomic mass is 10.1. The van der Waals surface area contributed by atoms with Crippen molar-refractivity contribution in [3.63, 3.8) is 0 Å². The van der Waals surface area contributed by atoms with Crippen molar-refractivity contribution in [1.29, 1.82) is 0 Å². The molecule has 0 saturated heterocycles. The van der Waals surface area contributed by atoms with Gasteiger partial charge in [0.1, 0.15) is 16.3 Å². The molecule has 1 atom stereocenters. The summed E-state index contributed by atoms with van der Waals surface area (Å²) in [6.07, 6.45) is 0. The van der Waals surface area contributed by atoms with Crippen molar-refractivity contribution in [3.05, 3.63) is 35.4 Å². The molecule has 0 aromatic heterocycles. The van der Waals surface area contributed by atoms with E-state index in [-0.39, 0.29) is 5.01 Å². The Labute approximate surface area is 83.3 Å². The van der Waals surface area contributed by atoms with E-state index in [2.05, 4.69) is 45.2 Å². The minimum Gasteiger partial charge on any atom is -0.288 e. The molecular weight excluding hydrogens is 272 g/mol. The fraction of sp³-hybridized carbons (Fsp3) is 0.250. The summed E-state index contributed by atoms with van der Waals surface area (Å²) in [4.78, 5) is 0. The van der Waals surface area contributed by atoms with Gasteiger partial charge in [-0.3, -0.25) is 3.83 Å². The van der Waals surface area contributed by atoms with Gasteiger partial charge in [0.2, 0.25) is 0 Å². The summed E-state index contributed by atoms with van der Waals surface area (Å²) in [5, 5.41) is -0.0660. The smallest absolute Gasteiger partial charge is 0.152 e. The zero-order chi connectivity index (χ0) is 8.27. The Bertz CT molecular complexity index is 237. The van der Waals surface area contributed by atoms with E-state index in [1.165, 1.54) is 5.56 Å². The standard InChI is InChI=1S/C8H8Br2O/c1-6-4-2-3-5-7(6)8(9)11-10/h2-5,8H,1H3/t8-/m1/s1. The Hall–Kier alpha value is 0.140. The third kappa shape index (κ3) is 2.29. The normalized spacial score (nSPS) is 13.0. The van der Waals surface area contributed by atoms with E-state index in [1.807, 2.05) is 18.2 Å². The molecule has 11 heavy (non-hydrogen) atoms. The summed E-state index contributed by atoms with van der Waals surface area (Å²) in [7, 11) is 0. The summed E-state index contributed by atoms with van der Waals surface area (Å²) in [5.41, 5.74) is 2.36. The summed E-state index contributed by atoms with van der Waals surface area (Å²) in [6, 6.07) is 8.07. The van der Waals surface area contributed by atoms with Crippen LogP contribution in [0, 0.1) is 6.92 Å². The Balaban J connectivity index is 2.93. The second-order valence-corrected chi connectivity index (χ2v) is 3.47. The van der Waals surface area contributed by atoms with Crippen LogP contribution in [0.3, 0.4) is 0 Å². The van der Waals surface area contributed by atoms with Crippen molar-refractivity contribution in [3.8, 4) is 0 Å². The lowest BCUT2D eigenvalue weighted by Gasteiger charge is -2.08. The summed E-state index contributed by atoms with van der Waals surface area (Å²) < 4.78 is 4.95. The lowest BCUT2D eigenvalue weighted by Crippen LogP contribution is -1.91. The van der Waals surface area contributed by atoms with Crippen LogP contribution in [0.15, 0.2) is 24.3 Å². The molecule has 1 aromatic rings. The Morgan fingerprint density at radius 3 is 2.55 bits per heavy atom. The Morgan fingerprint density at radius 2 is 2.00 bits per heavy atom. The first-order valence-corrected chi connectivity index (χ1v) is 4.79. The number of benzene rings is 1. The highest BCUT2D eigenvalue weighted by Crippen LogP contribution is 2.28. The third-order valence-electron chi connectivity index (χ3n) is 1.51. The highest BCUT2D eigenvalue weighted by Gasteiger charge is 2.07. The predicted octanol–water partition coefficient (Wildman–Crippen LogP) is 3.72. The molecule has 0 aliphatic rings. The van der Waals surface area contributed by atoms with Crippen LogP contribution in [-0.4, -0.2) is 0 Å². The zero-order valence-corrected chi connectivity index (χ0v) is 9.22. The average molecular weight is 280 g/mol. The van der Waals surface area contributed by atoms with Crippen molar-refractivity contribution >= 4 is 32.2 Å². The van der Waals surface area contributed by atoms with Crippen LogP contribution in [0.4, 0.5) is 0 Å². The van der Waals surface area contributed by atoms with Gasteiger partial charge in [-0.05, 0) is 18.1 Å². The monoisotopic (exact) mass is 278 g/mol. The number of hydrogen-bond acceptors (Lipinski definition) is 1. The first kappa shape index (κ1) is 9.23. The van der Waals surface area contributed by atoms with E-state index < -0.39 is 0 Å². The molecule has 0 N–H and O–H groups in total. The molecular formula is C8H8Br2O. The quantitative estimate of drug-likeness (QED) is 0.750. The number of hydrogen-bond donors (Lipinski definition) is 0. The number of aryl methyl sites for hydroxylation is 1. The molecule has 0 spiro atoms. The molecule has 1 nitrogen and oxygen atoms in total. The van der Waals surface area contributed by atoms with Gasteiger partial charge in [-0.15, -0.1) is 0 Å². The molecule has 60 valence electrons. The molecule has 0 amide bonds. The molecule has 1 aromatic carbocycles. The summed E-state index contributed by atoms with van der Waals surface area (Å²) in [6.45, 7) is 2.05. The summed E-state index contributed by atoms with van der Waals surface area (Å²) in [5.74, 6) is 0. The summed E-state index contributed by atoms with van der Waals surface area (Å²) >= 11 is 6.31. The van der Waals surface area contributed by atoms with Gasteiger partial charge < -0.3 is 0 Å². The SMILES string of the molecule is Cc1ccccc1[C@H](Br)OBr. The largest absolute Gasteiger partial charge is 0.288 e. The predicted molar refractivity (Wildman–Crippen MR) is 52.9 cm³/mol. The highest BCUT2D eigenvalue weighted by atomic mass is 79.9. The third-order valence-corrected chi connectivity index (χ3v) is 3.07. The van der Waals surface area contributed by atoms with E-state index in [0.717, 1.165) is 5.56 Å². The van der Waals surface area contributed by atoms with Gasteiger partial charge in [-0.2, -0.15) is 0 Å². The van der Waals surface area contributed by atoms with Crippen molar-refractivity contribution in [1.82, 2.24) is 0 Å². The molecule has 0 bridgehead atoms. The van der Waals surface area contributed by atoms with Crippen LogP contribution in [0.25, 0.3) is 0 Å². The van der Waals surface area contributed by atoms with E-state index >= 15 is 0 Å². The van der Waals surface area contributed by atoms with Crippen molar-refractivity contribution in [2.75, 3.05) is 0 Å². The van der Waals surface area contributed by atoms with Crippen LogP contribution < -0.4 is 0 Å². The topological polar surface area (TPSA) is 9.23 Å². The molecule has 1 rings (SSSR count). The van der Waals surface area contributed by atoms with Gasteiger partial charge in [0.15, 0.2) is 5.01 Å². The van der Waals surface area contributed by atoms with E-state index in [9.17, 15) is 0 Å². The Morgan fingerprint density at radius 1 is 1.36 bits per heavy atom. The van der Waals surface area contributed by atoms with Crippen LogP contribution in [0.2, 0.25) is 0 Å². The minimum absolute atomic E-state index is 0.0660. The van der Waals surface area contributed by atoms with Gasteiger partial charge >= 0.3 is 0 Å². The fourth-order valence-electron chi connectivity index (χ4n) is 0.889. The van der Waals surface area contributed by atoms with Gasteiger partial charge in [0, 0.05) is 0 Å². The zero-order valence-electron chi connectivity index (χ0n) is 6.05. The van der Waals surface area contributed by atoms with Crippen LogP contribution in [-0.2, 0) is 3.83 Å². The van der Waals surface area contributed by atoms with Crippen LogP contribution in [0.5, 0.6) is 0 Å². The molecule has 0 radical (unpaired) electrons. The molecule has 0 saturated carbocycles. The maximum atomic E-state index is 4.95. The van der Waals surface area contributed by atoms with Crippen molar-refractivity contribution < 1.29 is 3.83 Å². The van der Waals surface area contributed by atoms with Crippen LogP contribution >= 0.6 is 32.2 Å². The number of alkyl halides is 1. The molecule has 0 aliphatic heterocycles. The second kappa shape index (κ2) is 4.24. The second-order valence-electron chi connectivity index (χ2n) is 2.26. The van der Waals surface area contributed by atoms with Gasteiger partial charge in [0.05, 0.1) is 0 Å². The van der Waals surface area contributed by atoms with E-state index in [0.29, 0.717) is 0 Å². The number of halogens is 2. The lowest BCUT2D eigenvalue weighted by molar-refractivity contribution is 0.381. The highest BCUT2D eigenvalue weighted by molar-refractivity contribution is 9.10.